The first-order chi connectivity index (χ1) is 6.24. The van der Waals surface area contributed by atoms with E-state index < -0.39 is 0 Å². The first-order valence-electron chi connectivity index (χ1n) is 4.47. The molecule has 0 aromatic rings. The topological polar surface area (TPSA) is 30.3 Å². The Labute approximate surface area is 82.0 Å². The molecule has 0 amide bonds. The predicted molar refractivity (Wildman–Crippen MR) is 54.8 cm³/mol. The Morgan fingerprint density at radius 2 is 2.15 bits per heavy atom. The van der Waals surface area contributed by atoms with E-state index in [9.17, 15) is 0 Å². The lowest BCUT2D eigenvalue weighted by molar-refractivity contribution is 0.293. The third-order valence-electron chi connectivity index (χ3n) is 1.74. The van der Waals surface area contributed by atoms with Crippen molar-refractivity contribution in [2.45, 2.75) is 19.8 Å². The van der Waals surface area contributed by atoms with Crippen molar-refractivity contribution in [3.8, 4) is 5.97 Å². The molecule has 0 unspecified atom stereocenters. The average molecular weight is 177 g/mol. The molecule has 0 N–H and O–H groups in total. The lowest BCUT2D eigenvalue weighted by Crippen LogP contribution is -2.23. The van der Waals surface area contributed by atoms with Crippen LogP contribution in [0.25, 0.3) is 0 Å². The molecule has 4 heteroatoms. The second-order valence-electron chi connectivity index (χ2n) is 2.99. The summed E-state index contributed by atoms with van der Waals surface area (Å²) < 4.78 is 0. The first kappa shape index (κ1) is 11.9. The van der Waals surface area contributed by atoms with Gasteiger partial charge in [0.05, 0.1) is 6.67 Å². The molecule has 0 aromatic carbocycles. The van der Waals surface area contributed by atoms with Crippen molar-refractivity contribution in [1.82, 2.24) is 9.80 Å². The molecule has 1 rings (SSSR count). The zero-order valence-electron chi connectivity index (χ0n) is 8.40. The lowest BCUT2D eigenvalue weighted by Gasteiger charge is -2.17. The van der Waals surface area contributed by atoms with Crippen LogP contribution < -0.4 is 0 Å². The van der Waals surface area contributed by atoms with Crippen LogP contribution in [0.4, 0.5) is 0 Å². The van der Waals surface area contributed by atoms with E-state index in [1.807, 2.05) is 0 Å². The molecule has 0 spiro atoms. The molecular formula is C9H16BN3. The maximum atomic E-state index is 7.10. The molecule has 0 atom stereocenters. The number of hydrogen-bond donors (Lipinski definition) is 0. The molecule has 3 nitrogen and oxygen atoms in total. The third kappa shape index (κ3) is 6.09. The Kier molecular flexibility index (Phi) is 6.90. The summed E-state index contributed by atoms with van der Waals surface area (Å²) in [6.45, 7) is 4.50. The number of nitriles is 1. The molecule has 0 fully saturated rings. The van der Waals surface area contributed by atoms with Gasteiger partial charge >= 0.3 is 0 Å². The minimum atomic E-state index is 1.07. The summed E-state index contributed by atoms with van der Waals surface area (Å²) >= 11 is 0. The van der Waals surface area contributed by atoms with Crippen molar-refractivity contribution >= 4 is 7.85 Å². The van der Waals surface area contributed by atoms with Crippen molar-refractivity contribution in [1.29, 1.82) is 5.26 Å². The molecule has 0 saturated heterocycles. The Balaban J connectivity index is 0.000000424. The van der Waals surface area contributed by atoms with Gasteiger partial charge in [0.25, 0.3) is 0 Å². The van der Waals surface area contributed by atoms with Gasteiger partial charge in [0.1, 0.15) is 0 Å². The summed E-state index contributed by atoms with van der Waals surface area (Å²) in [4.78, 5) is 4.53. The summed E-state index contributed by atoms with van der Waals surface area (Å²) in [6, 6.07) is 0. The van der Waals surface area contributed by atoms with E-state index >= 15 is 0 Å². The van der Waals surface area contributed by atoms with Gasteiger partial charge in [-0.15, -0.1) is 0 Å². The van der Waals surface area contributed by atoms with Crippen molar-refractivity contribution in [3.63, 3.8) is 0 Å². The molecule has 0 bridgehead atoms. The van der Waals surface area contributed by atoms with Gasteiger partial charge < -0.3 is 9.80 Å². The van der Waals surface area contributed by atoms with Crippen molar-refractivity contribution in [2.75, 3.05) is 20.3 Å². The Morgan fingerprint density at radius 1 is 1.54 bits per heavy atom. The van der Waals surface area contributed by atoms with Gasteiger partial charge in [0.15, 0.2) is 0 Å². The molecule has 70 valence electrons. The number of unbranched alkanes of at least 4 members (excludes halogenated alkanes) is 1. The van der Waals surface area contributed by atoms with E-state index in [4.69, 9.17) is 5.26 Å². The van der Waals surface area contributed by atoms with Gasteiger partial charge in [0, 0.05) is 26.0 Å². The molecule has 1 aliphatic rings. The maximum absolute atomic E-state index is 7.10. The highest BCUT2D eigenvalue weighted by Crippen LogP contribution is 2.04. The van der Waals surface area contributed by atoms with E-state index in [-0.39, 0.29) is 0 Å². The standard InChI is InChI=1S/C8H16N2.CBN/c1-3-4-5-10-7-6-9(2)8-10;2-1-3/h6-7H,3-5,8H2,1-2H3;. The van der Waals surface area contributed by atoms with Gasteiger partial charge in [-0.3, -0.25) is 0 Å². The minimum absolute atomic E-state index is 1.07. The molecule has 1 aliphatic heterocycles. The Hall–Kier alpha value is -1.11. The van der Waals surface area contributed by atoms with Gasteiger partial charge in [-0.25, -0.2) is 5.26 Å². The summed E-state index contributed by atoms with van der Waals surface area (Å²) in [5.41, 5.74) is 0. The number of nitrogens with zero attached hydrogens (tertiary/aromatic N) is 3. The number of hydrogen-bond acceptors (Lipinski definition) is 3. The zero-order valence-corrected chi connectivity index (χ0v) is 8.40. The van der Waals surface area contributed by atoms with Crippen LogP contribution in [0.1, 0.15) is 19.8 Å². The van der Waals surface area contributed by atoms with Crippen molar-refractivity contribution in [2.24, 2.45) is 0 Å². The van der Waals surface area contributed by atoms with Gasteiger partial charge in [-0.1, -0.05) is 13.3 Å². The molecule has 0 aliphatic carbocycles. The molecule has 0 aromatic heterocycles. The second-order valence-corrected chi connectivity index (χ2v) is 2.99. The summed E-state index contributed by atoms with van der Waals surface area (Å²) in [5.74, 6) is 1.25. The quantitative estimate of drug-likeness (QED) is 0.604. The highest BCUT2D eigenvalue weighted by atomic mass is 15.3. The van der Waals surface area contributed by atoms with Crippen LogP contribution in [-0.2, 0) is 0 Å². The second kappa shape index (κ2) is 7.54. The predicted octanol–water partition coefficient (Wildman–Crippen LogP) is 1.10. The monoisotopic (exact) mass is 177 g/mol. The minimum Gasteiger partial charge on any atom is -0.362 e. The zero-order chi connectivity index (χ0) is 10.1. The summed E-state index contributed by atoms with van der Waals surface area (Å²) in [5, 5.41) is 7.10. The van der Waals surface area contributed by atoms with Crippen LogP contribution >= 0.6 is 0 Å². The smallest absolute Gasteiger partial charge is 0.229 e. The van der Waals surface area contributed by atoms with Crippen LogP contribution in [-0.4, -0.2) is 37.9 Å². The van der Waals surface area contributed by atoms with Gasteiger partial charge in [-0.05, 0) is 12.4 Å². The lowest BCUT2D eigenvalue weighted by atomic mass is 10.2. The van der Waals surface area contributed by atoms with Crippen LogP contribution in [0.3, 0.4) is 0 Å². The SMILES string of the molecule is CCCCN1C=CN(C)C1.[B]C#N. The summed E-state index contributed by atoms with van der Waals surface area (Å²) in [6.07, 6.45) is 6.87. The van der Waals surface area contributed by atoms with E-state index in [1.165, 1.54) is 25.4 Å². The third-order valence-corrected chi connectivity index (χ3v) is 1.74. The molecule has 0 saturated carbocycles. The molecule has 1 heterocycles. The van der Waals surface area contributed by atoms with Crippen LogP contribution in [0.5, 0.6) is 0 Å². The van der Waals surface area contributed by atoms with Gasteiger partial charge in [0.2, 0.25) is 7.85 Å². The summed E-state index contributed by atoms with van der Waals surface area (Å²) in [7, 11) is 6.25. The van der Waals surface area contributed by atoms with E-state index in [0.717, 1.165) is 6.67 Å². The Morgan fingerprint density at radius 3 is 2.54 bits per heavy atom. The van der Waals surface area contributed by atoms with E-state index in [1.54, 1.807) is 0 Å². The highest BCUT2D eigenvalue weighted by molar-refractivity contribution is 6.20. The fourth-order valence-corrected chi connectivity index (χ4v) is 1.10. The average Bonchev–Trinajstić information content (AvgIpc) is 2.49. The highest BCUT2D eigenvalue weighted by Gasteiger charge is 2.05. The fraction of sp³-hybridized carbons (Fsp3) is 0.667. The number of rotatable bonds is 3. The van der Waals surface area contributed by atoms with Crippen molar-refractivity contribution in [3.05, 3.63) is 12.4 Å². The van der Waals surface area contributed by atoms with Crippen molar-refractivity contribution < 1.29 is 0 Å². The fourth-order valence-electron chi connectivity index (χ4n) is 1.10. The normalized spacial score (nSPS) is 13.6. The molecular weight excluding hydrogens is 161 g/mol. The Bertz CT molecular complexity index is 186. The first-order valence-corrected chi connectivity index (χ1v) is 4.47. The maximum Gasteiger partial charge on any atom is 0.229 e. The molecule has 2 radical (unpaired) electrons. The van der Waals surface area contributed by atoms with Crippen LogP contribution in [0, 0.1) is 11.2 Å². The largest absolute Gasteiger partial charge is 0.362 e. The van der Waals surface area contributed by atoms with Crippen LogP contribution in [0.15, 0.2) is 12.4 Å². The van der Waals surface area contributed by atoms with Crippen LogP contribution in [0.2, 0.25) is 0 Å². The van der Waals surface area contributed by atoms with E-state index in [2.05, 4.69) is 44.0 Å². The van der Waals surface area contributed by atoms with E-state index in [0.29, 0.717) is 0 Å². The molecule has 13 heavy (non-hydrogen) atoms. The van der Waals surface area contributed by atoms with Gasteiger partial charge in [-0.2, -0.15) is 0 Å².